The van der Waals surface area contributed by atoms with Crippen molar-refractivity contribution in [2.45, 2.75) is 39.2 Å². The van der Waals surface area contributed by atoms with Gasteiger partial charge in [0.1, 0.15) is 0 Å². The lowest BCUT2D eigenvalue weighted by atomic mass is 10.0. The van der Waals surface area contributed by atoms with Gasteiger partial charge in [-0.15, -0.1) is 0 Å². The fourth-order valence-electron chi connectivity index (χ4n) is 3.68. The zero-order valence-corrected chi connectivity index (χ0v) is 17.8. The van der Waals surface area contributed by atoms with Crippen LogP contribution in [0.4, 0.5) is 0 Å². The number of likely N-dealkylation sites (N-methyl/N-ethyl adjacent to an activating group) is 1. The maximum atomic E-state index is 12.9. The van der Waals surface area contributed by atoms with E-state index in [4.69, 9.17) is 23.2 Å². The molecule has 0 radical (unpaired) electrons. The summed E-state index contributed by atoms with van der Waals surface area (Å²) in [4.78, 5) is 17.1. The topological polar surface area (TPSA) is 41.4 Å². The van der Waals surface area contributed by atoms with Gasteiger partial charge >= 0.3 is 0 Å². The minimum atomic E-state index is 0.137. The zero-order valence-electron chi connectivity index (χ0n) is 16.3. The monoisotopic (exact) mass is 408 g/mol. The summed E-state index contributed by atoms with van der Waals surface area (Å²) in [7, 11) is 4.05. The quantitative estimate of drug-likeness (QED) is 0.770. The van der Waals surface area contributed by atoms with Crippen LogP contribution in [0.3, 0.4) is 0 Å². The molecule has 0 bridgehead atoms. The molecule has 0 N–H and O–H groups in total. The fraction of sp³-hybridized carbons (Fsp3) is 0.500. The molecule has 1 aliphatic heterocycles. The van der Waals surface area contributed by atoms with Crippen LogP contribution in [0, 0.1) is 13.8 Å². The minimum Gasteiger partial charge on any atom is -0.342 e. The van der Waals surface area contributed by atoms with Gasteiger partial charge in [-0.25, -0.2) is 4.68 Å². The van der Waals surface area contributed by atoms with Crippen LogP contribution in [-0.4, -0.2) is 58.7 Å². The van der Waals surface area contributed by atoms with Crippen LogP contribution in [0.1, 0.15) is 29.8 Å². The van der Waals surface area contributed by atoms with Crippen molar-refractivity contribution in [2.75, 3.05) is 27.2 Å². The largest absolute Gasteiger partial charge is 0.342 e. The van der Waals surface area contributed by atoms with E-state index >= 15 is 0 Å². The van der Waals surface area contributed by atoms with Gasteiger partial charge in [0.2, 0.25) is 5.91 Å². The molecule has 1 fully saturated rings. The standard InChI is InChI=1S/C20H26Cl2N4O/c1-13-17(12-20(27)25(4)16-7-9-24(3)10-8-16)14(2)26(23-13)19-6-5-15(21)11-18(19)22/h5-6,11,16H,7-10,12H2,1-4H3. The number of aromatic nitrogens is 2. The van der Waals surface area contributed by atoms with E-state index in [2.05, 4.69) is 17.0 Å². The van der Waals surface area contributed by atoms with Crippen LogP contribution >= 0.6 is 23.2 Å². The molecule has 0 atom stereocenters. The summed E-state index contributed by atoms with van der Waals surface area (Å²) in [6.45, 7) is 5.98. The first-order valence-electron chi connectivity index (χ1n) is 9.22. The summed E-state index contributed by atoms with van der Waals surface area (Å²) < 4.78 is 1.80. The molecule has 1 saturated heterocycles. The summed E-state index contributed by atoms with van der Waals surface area (Å²) in [5, 5.41) is 5.74. The van der Waals surface area contributed by atoms with Crippen LogP contribution in [-0.2, 0) is 11.2 Å². The number of hydrogen-bond donors (Lipinski definition) is 0. The van der Waals surface area contributed by atoms with Crippen LogP contribution in [0.15, 0.2) is 18.2 Å². The number of carbonyl (C=O) groups excluding carboxylic acids is 1. The molecule has 1 aromatic heterocycles. The maximum Gasteiger partial charge on any atom is 0.227 e. The average molecular weight is 409 g/mol. The third-order valence-electron chi connectivity index (χ3n) is 5.54. The average Bonchev–Trinajstić information content (AvgIpc) is 2.90. The smallest absolute Gasteiger partial charge is 0.227 e. The van der Waals surface area contributed by atoms with Crippen molar-refractivity contribution in [1.29, 1.82) is 0 Å². The van der Waals surface area contributed by atoms with Crippen molar-refractivity contribution in [2.24, 2.45) is 0 Å². The van der Waals surface area contributed by atoms with Gasteiger partial charge in [-0.2, -0.15) is 5.10 Å². The molecule has 1 aromatic carbocycles. The molecule has 1 amide bonds. The first-order valence-corrected chi connectivity index (χ1v) is 9.98. The van der Waals surface area contributed by atoms with Crippen molar-refractivity contribution >= 4 is 29.1 Å². The number of carbonyl (C=O) groups is 1. The Kier molecular flexibility index (Phi) is 6.14. The lowest BCUT2D eigenvalue weighted by molar-refractivity contribution is -0.132. The fourth-order valence-corrected chi connectivity index (χ4v) is 4.17. The van der Waals surface area contributed by atoms with E-state index in [1.807, 2.05) is 31.9 Å². The third kappa shape index (κ3) is 4.31. The van der Waals surface area contributed by atoms with Crippen molar-refractivity contribution in [1.82, 2.24) is 19.6 Å². The zero-order chi connectivity index (χ0) is 19.7. The maximum absolute atomic E-state index is 12.9. The highest BCUT2D eigenvalue weighted by molar-refractivity contribution is 6.35. The first-order chi connectivity index (χ1) is 12.8. The number of benzene rings is 1. The number of likely N-dealkylation sites (tertiary alicyclic amines) is 1. The molecule has 0 saturated carbocycles. The van der Waals surface area contributed by atoms with Crippen LogP contribution < -0.4 is 0 Å². The minimum absolute atomic E-state index is 0.137. The number of rotatable bonds is 4. The summed E-state index contributed by atoms with van der Waals surface area (Å²) >= 11 is 12.3. The van der Waals surface area contributed by atoms with E-state index in [1.54, 1.807) is 16.8 Å². The van der Waals surface area contributed by atoms with Crippen LogP contribution in [0.25, 0.3) is 5.69 Å². The second kappa shape index (κ2) is 8.21. The van der Waals surface area contributed by atoms with Gasteiger partial charge in [0.15, 0.2) is 0 Å². The molecule has 5 nitrogen and oxygen atoms in total. The number of aryl methyl sites for hydroxylation is 1. The van der Waals surface area contributed by atoms with E-state index in [0.717, 1.165) is 48.6 Å². The summed E-state index contributed by atoms with van der Waals surface area (Å²) in [6.07, 6.45) is 2.40. The Balaban J connectivity index is 1.79. The highest BCUT2D eigenvalue weighted by Gasteiger charge is 2.25. The van der Waals surface area contributed by atoms with Gasteiger partial charge in [0.05, 0.1) is 22.8 Å². The lowest BCUT2D eigenvalue weighted by Crippen LogP contribution is -2.45. The predicted molar refractivity (Wildman–Crippen MR) is 110 cm³/mol. The molecule has 3 rings (SSSR count). The Hall–Kier alpha value is -1.56. The number of nitrogens with zero attached hydrogens (tertiary/aromatic N) is 4. The van der Waals surface area contributed by atoms with Gasteiger partial charge in [-0.05, 0) is 65.0 Å². The van der Waals surface area contributed by atoms with E-state index in [1.165, 1.54) is 0 Å². The van der Waals surface area contributed by atoms with Crippen molar-refractivity contribution in [3.05, 3.63) is 45.2 Å². The number of hydrogen-bond acceptors (Lipinski definition) is 3. The SMILES string of the molecule is Cc1nn(-c2ccc(Cl)cc2Cl)c(C)c1CC(=O)N(C)C1CCN(C)CC1. The Morgan fingerprint density at radius 1 is 1.26 bits per heavy atom. The van der Waals surface area contributed by atoms with Gasteiger partial charge in [-0.1, -0.05) is 23.2 Å². The molecule has 0 aliphatic carbocycles. The first kappa shape index (κ1) is 20.2. The molecule has 27 heavy (non-hydrogen) atoms. The molecule has 146 valence electrons. The molecule has 0 unspecified atom stereocenters. The third-order valence-corrected chi connectivity index (χ3v) is 6.07. The Labute approximate surface area is 170 Å². The van der Waals surface area contributed by atoms with E-state index < -0.39 is 0 Å². The molecule has 7 heteroatoms. The van der Waals surface area contributed by atoms with Gasteiger partial charge in [0.25, 0.3) is 0 Å². The van der Waals surface area contributed by atoms with Gasteiger partial charge in [-0.3, -0.25) is 4.79 Å². The lowest BCUT2D eigenvalue weighted by Gasteiger charge is -2.35. The summed E-state index contributed by atoms with van der Waals surface area (Å²) in [6, 6.07) is 5.65. The molecular formula is C20H26Cl2N4O. The van der Waals surface area contributed by atoms with Crippen LogP contribution in [0.2, 0.25) is 10.0 Å². The molecular weight excluding hydrogens is 383 g/mol. The molecule has 0 spiro atoms. The second-order valence-corrected chi connectivity index (χ2v) is 8.22. The highest BCUT2D eigenvalue weighted by Crippen LogP contribution is 2.27. The Morgan fingerprint density at radius 3 is 2.56 bits per heavy atom. The molecule has 1 aliphatic rings. The number of piperidine rings is 1. The summed E-state index contributed by atoms with van der Waals surface area (Å²) in [5.41, 5.74) is 3.51. The normalized spacial score (nSPS) is 15.9. The van der Waals surface area contributed by atoms with Gasteiger partial charge in [0, 0.05) is 29.4 Å². The van der Waals surface area contributed by atoms with Crippen molar-refractivity contribution < 1.29 is 4.79 Å². The summed E-state index contributed by atoms with van der Waals surface area (Å²) in [5.74, 6) is 0.137. The molecule has 2 heterocycles. The highest BCUT2D eigenvalue weighted by atomic mass is 35.5. The van der Waals surface area contributed by atoms with E-state index in [0.29, 0.717) is 22.5 Å². The predicted octanol–water partition coefficient (Wildman–Crippen LogP) is 3.89. The Morgan fingerprint density at radius 2 is 1.93 bits per heavy atom. The van der Waals surface area contributed by atoms with Crippen molar-refractivity contribution in [3.8, 4) is 5.69 Å². The second-order valence-electron chi connectivity index (χ2n) is 7.37. The van der Waals surface area contributed by atoms with E-state index in [-0.39, 0.29) is 5.91 Å². The number of halogens is 2. The van der Waals surface area contributed by atoms with Crippen molar-refractivity contribution in [3.63, 3.8) is 0 Å². The molecule has 2 aromatic rings. The van der Waals surface area contributed by atoms with Gasteiger partial charge < -0.3 is 9.80 Å². The Bertz CT molecular complexity index is 841. The van der Waals surface area contributed by atoms with E-state index in [9.17, 15) is 4.79 Å². The van der Waals surface area contributed by atoms with Crippen LogP contribution in [0.5, 0.6) is 0 Å². The number of amides is 1.